The first-order valence-corrected chi connectivity index (χ1v) is 7.79. The quantitative estimate of drug-likeness (QED) is 0.735. The maximum Gasteiger partial charge on any atom is 0.137 e. The van der Waals surface area contributed by atoms with E-state index in [0.29, 0.717) is 35.9 Å². The normalized spacial score (nSPS) is 18.6. The summed E-state index contributed by atoms with van der Waals surface area (Å²) in [6.45, 7) is 1.16. The summed E-state index contributed by atoms with van der Waals surface area (Å²) in [5, 5.41) is 3.86. The van der Waals surface area contributed by atoms with Crippen LogP contribution in [0.15, 0.2) is 36.7 Å². The molecule has 8 heteroatoms. The van der Waals surface area contributed by atoms with Gasteiger partial charge in [-0.15, -0.1) is 24.8 Å². The number of para-hydroxylation sites is 1. The molecule has 1 heterocycles. The van der Waals surface area contributed by atoms with E-state index in [1.54, 1.807) is 6.33 Å². The topological polar surface area (TPSA) is 73.1 Å². The molecule has 24 heavy (non-hydrogen) atoms. The minimum atomic E-state index is 0. The standard InChI is InChI=1S/C16H19ClN4O.2ClH/c17-13-3-1-2-4-15(13)22-6-5-19-16-9-14(20-10-21-16)11-7-12(18)8-11;;/h1-4,9-12H,5-8,18H2,(H,19,20,21);2*1H. The van der Waals surface area contributed by atoms with Crippen LogP contribution in [0.4, 0.5) is 5.82 Å². The Balaban J connectivity index is 0.00000144. The lowest BCUT2D eigenvalue weighted by Gasteiger charge is -2.31. The van der Waals surface area contributed by atoms with Gasteiger partial charge in [-0.1, -0.05) is 23.7 Å². The fourth-order valence-electron chi connectivity index (χ4n) is 2.50. The molecule has 5 nitrogen and oxygen atoms in total. The highest BCUT2D eigenvalue weighted by atomic mass is 35.5. The van der Waals surface area contributed by atoms with Crippen molar-refractivity contribution < 1.29 is 4.74 Å². The second kappa shape index (κ2) is 9.89. The number of hydrogen-bond donors (Lipinski definition) is 2. The summed E-state index contributed by atoms with van der Waals surface area (Å²) in [6, 6.07) is 9.75. The molecule has 3 N–H and O–H groups in total. The first-order valence-electron chi connectivity index (χ1n) is 7.41. The van der Waals surface area contributed by atoms with E-state index in [1.807, 2.05) is 30.3 Å². The monoisotopic (exact) mass is 390 g/mol. The largest absolute Gasteiger partial charge is 0.490 e. The van der Waals surface area contributed by atoms with Gasteiger partial charge in [0.2, 0.25) is 0 Å². The maximum absolute atomic E-state index is 6.03. The van der Waals surface area contributed by atoms with Gasteiger partial charge in [0.15, 0.2) is 0 Å². The van der Waals surface area contributed by atoms with E-state index in [4.69, 9.17) is 22.1 Å². The Hall–Kier alpha value is -1.27. The number of nitrogens with one attached hydrogen (secondary N) is 1. The van der Waals surface area contributed by atoms with Gasteiger partial charge in [-0.2, -0.15) is 0 Å². The van der Waals surface area contributed by atoms with E-state index in [-0.39, 0.29) is 24.8 Å². The number of hydrogen-bond acceptors (Lipinski definition) is 5. The van der Waals surface area contributed by atoms with Gasteiger partial charge in [0, 0.05) is 23.7 Å². The summed E-state index contributed by atoms with van der Waals surface area (Å²) in [5.41, 5.74) is 6.88. The van der Waals surface area contributed by atoms with Crippen molar-refractivity contribution in [3.05, 3.63) is 47.4 Å². The van der Waals surface area contributed by atoms with Crippen LogP contribution in [0, 0.1) is 0 Å². The van der Waals surface area contributed by atoms with Crippen LogP contribution in [-0.4, -0.2) is 29.2 Å². The Labute approximate surface area is 159 Å². The van der Waals surface area contributed by atoms with Gasteiger partial charge in [0.25, 0.3) is 0 Å². The van der Waals surface area contributed by atoms with Crippen LogP contribution < -0.4 is 15.8 Å². The summed E-state index contributed by atoms with van der Waals surface area (Å²) in [6.07, 6.45) is 3.61. The van der Waals surface area contributed by atoms with Gasteiger partial charge in [-0.05, 0) is 25.0 Å². The van der Waals surface area contributed by atoms with Crippen LogP contribution in [0.2, 0.25) is 5.02 Å². The minimum absolute atomic E-state index is 0. The average Bonchev–Trinajstić information content (AvgIpc) is 2.50. The van der Waals surface area contributed by atoms with Gasteiger partial charge in [-0.25, -0.2) is 9.97 Å². The van der Waals surface area contributed by atoms with Crippen LogP contribution >= 0.6 is 36.4 Å². The van der Waals surface area contributed by atoms with E-state index in [0.717, 1.165) is 24.4 Å². The van der Waals surface area contributed by atoms with Gasteiger partial charge in [-0.3, -0.25) is 0 Å². The predicted molar refractivity (Wildman–Crippen MR) is 102 cm³/mol. The summed E-state index contributed by atoms with van der Waals surface area (Å²) in [7, 11) is 0. The molecular weight excluding hydrogens is 371 g/mol. The molecule has 0 amide bonds. The Kier molecular flexibility index (Phi) is 8.56. The number of aromatic nitrogens is 2. The van der Waals surface area contributed by atoms with Crippen molar-refractivity contribution in [1.82, 2.24) is 9.97 Å². The average molecular weight is 392 g/mol. The molecule has 0 unspecified atom stereocenters. The Morgan fingerprint density at radius 3 is 2.67 bits per heavy atom. The van der Waals surface area contributed by atoms with E-state index >= 15 is 0 Å². The second-order valence-electron chi connectivity index (χ2n) is 5.46. The Bertz CT molecular complexity index is 638. The number of anilines is 1. The van der Waals surface area contributed by atoms with Crippen molar-refractivity contribution in [2.24, 2.45) is 5.73 Å². The van der Waals surface area contributed by atoms with Crippen LogP contribution in [0.5, 0.6) is 5.75 Å². The zero-order valence-corrected chi connectivity index (χ0v) is 15.4. The van der Waals surface area contributed by atoms with Crippen molar-refractivity contribution in [1.29, 1.82) is 0 Å². The lowest BCUT2D eigenvalue weighted by Crippen LogP contribution is -2.35. The number of benzene rings is 1. The summed E-state index contributed by atoms with van der Waals surface area (Å²) >= 11 is 6.03. The first kappa shape index (κ1) is 20.8. The van der Waals surface area contributed by atoms with Crippen LogP contribution in [0.3, 0.4) is 0 Å². The lowest BCUT2D eigenvalue weighted by atomic mass is 9.79. The van der Waals surface area contributed by atoms with Gasteiger partial charge >= 0.3 is 0 Å². The third-order valence-electron chi connectivity index (χ3n) is 3.78. The van der Waals surface area contributed by atoms with Crippen molar-refractivity contribution in [2.45, 2.75) is 24.8 Å². The first-order chi connectivity index (χ1) is 10.7. The van der Waals surface area contributed by atoms with Gasteiger partial charge in [0.1, 0.15) is 24.5 Å². The number of nitrogens with zero attached hydrogens (tertiary/aromatic N) is 2. The third-order valence-corrected chi connectivity index (χ3v) is 4.10. The maximum atomic E-state index is 6.03. The van der Waals surface area contributed by atoms with Crippen molar-refractivity contribution in [3.8, 4) is 5.75 Å². The molecule has 1 fully saturated rings. The van der Waals surface area contributed by atoms with Gasteiger partial charge < -0.3 is 15.8 Å². The molecule has 1 aromatic carbocycles. The number of ether oxygens (including phenoxy) is 1. The molecule has 0 aliphatic heterocycles. The molecule has 0 atom stereocenters. The van der Waals surface area contributed by atoms with Crippen LogP contribution in [0.1, 0.15) is 24.5 Å². The van der Waals surface area contributed by atoms with Gasteiger partial charge in [0.05, 0.1) is 11.6 Å². The molecule has 3 rings (SSSR count). The van der Waals surface area contributed by atoms with Crippen molar-refractivity contribution in [2.75, 3.05) is 18.5 Å². The molecule has 1 saturated carbocycles. The lowest BCUT2D eigenvalue weighted by molar-refractivity contribution is 0.333. The zero-order chi connectivity index (χ0) is 15.4. The number of rotatable bonds is 6. The zero-order valence-electron chi connectivity index (χ0n) is 13.0. The number of halogens is 3. The molecule has 2 aromatic rings. The van der Waals surface area contributed by atoms with E-state index < -0.39 is 0 Å². The Morgan fingerprint density at radius 2 is 1.96 bits per heavy atom. The molecule has 132 valence electrons. The Morgan fingerprint density at radius 1 is 1.21 bits per heavy atom. The molecule has 1 aliphatic rings. The fourth-order valence-corrected chi connectivity index (χ4v) is 2.69. The molecule has 0 radical (unpaired) electrons. The predicted octanol–water partition coefficient (Wildman–Crippen LogP) is 3.67. The molecule has 1 aliphatic carbocycles. The molecular formula is C16H21Cl3N4O. The SMILES string of the molecule is Cl.Cl.NC1CC(c2cc(NCCOc3ccccc3Cl)ncn2)C1. The van der Waals surface area contributed by atoms with E-state index in [9.17, 15) is 0 Å². The third kappa shape index (κ3) is 5.38. The van der Waals surface area contributed by atoms with Crippen LogP contribution in [-0.2, 0) is 0 Å². The smallest absolute Gasteiger partial charge is 0.137 e. The summed E-state index contributed by atoms with van der Waals surface area (Å²) in [4.78, 5) is 8.55. The highest BCUT2D eigenvalue weighted by Gasteiger charge is 2.28. The highest BCUT2D eigenvalue weighted by Crippen LogP contribution is 2.34. The molecule has 0 spiro atoms. The highest BCUT2D eigenvalue weighted by molar-refractivity contribution is 6.32. The molecule has 1 aromatic heterocycles. The second-order valence-corrected chi connectivity index (χ2v) is 5.87. The fraction of sp³-hybridized carbons (Fsp3) is 0.375. The van der Waals surface area contributed by atoms with E-state index in [1.165, 1.54) is 0 Å². The number of nitrogens with two attached hydrogens (primary N) is 1. The summed E-state index contributed by atoms with van der Waals surface area (Å²) < 4.78 is 5.63. The summed E-state index contributed by atoms with van der Waals surface area (Å²) in [5.74, 6) is 1.98. The minimum Gasteiger partial charge on any atom is -0.490 e. The van der Waals surface area contributed by atoms with Crippen LogP contribution in [0.25, 0.3) is 0 Å². The molecule has 0 bridgehead atoms. The van der Waals surface area contributed by atoms with Crippen molar-refractivity contribution >= 4 is 42.2 Å². The van der Waals surface area contributed by atoms with Crippen molar-refractivity contribution in [3.63, 3.8) is 0 Å². The van der Waals surface area contributed by atoms with E-state index in [2.05, 4.69) is 15.3 Å². The molecule has 0 saturated heterocycles.